The minimum Gasteiger partial charge on any atom is -0.494 e. The van der Waals surface area contributed by atoms with E-state index in [9.17, 15) is 0 Å². The van der Waals surface area contributed by atoms with Crippen molar-refractivity contribution in [3.8, 4) is 5.75 Å². The Balaban J connectivity index is 2.10. The zero-order valence-corrected chi connectivity index (χ0v) is 13.5. The Morgan fingerprint density at radius 3 is 2.33 bits per heavy atom. The van der Waals surface area contributed by atoms with E-state index < -0.39 is 0 Å². The quantitative estimate of drug-likeness (QED) is 0.796. The van der Waals surface area contributed by atoms with Crippen molar-refractivity contribution in [2.45, 2.75) is 32.9 Å². The van der Waals surface area contributed by atoms with Gasteiger partial charge in [0.1, 0.15) is 5.75 Å². The van der Waals surface area contributed by atoms with Crippen LogP contribution in [0.5, 0.6) is 5.75 Å². The SMILES string of the molecule is CCOc1ccccc1C(C)N[C@@H](C)c1ccc(Cl)cc1. The average Bonchev–Trinajstić information content (AvgIpc) is 2.48. The summed E-state index contributed by atoms with van der Waals surface area (Å²) in [5, 5.41) is 4.37. The van der Waals surface area contributed by atoms with Gasteiger partial charge in [-0.15, -0.1) is 0 Å². The molecule has 0 amide bonds. The molecule has 0 aromatic heterocycles. The van der Waals surface area contributed by atoms with E-state index in [0.717, 1.165) is 10.8 Å². The van der Waals surface area contributed by atoms with Crippen LogP contribution in [-0.4, -0.2) is 6.61 Å². The molecule has 2 aromatic rings. The van der Waals surface area contributed by atoms with Gasteiger partial charge in [0.2, 0.25) is 0 Å². The molecule has 0 spiro atoms. The third kappa shape index (κ3) is 4.23. The number of rotatable bonds is 6. The van der Waals surface area contributed by atoms with Crippen LogP contribution in [0.15, 0.2) is 48.5 Å². The van der Waals surface area contributed by atoms with Gasteiger partial charge in [0.15, 0.2) is 0 Å². The summed E-state index contributed by atoms with van der Waals surface area (Å²) in [6, 6.07) is 16.6. The number of nitrogens with one attached hydrogen (secondary N) is 1. The topological polar surface area (TPSA) is 21.3 Å². The molecule has 0 radical (unpaired) electrons. The highest BCUT2D eigenvalue weighted by Gasteiger charge is 2.14. The fraction of sp³-hybridized carbons (Fsp3) is 0.333. The molecule has 2 aromatic carbocycles. The number of benzene rings is 2. The van der Waals surface area contributed by atoms with E-state index in [4.69, 9.17) is 16.3 Å². The van der Waals surface area contributed by atoms with Gasteiger partial charge in [-0.25, -0.2) is 0 Å². The molecule has 1 unspecified atom stereocenters. The Kier molecular flexibility index (Phi) is 5.66. The third-order valence-electron chi connectivity index (χ3n) is 3.56. The fourth-order valence-corrected chi connectivity index (χ4v) is 2.56. The minimum absolute atomic E-state index is 0.207. The van der Waals surface area contributed by atoms with E-state index in [1.165, 1.54) is 11.1 Å². The first kappa shape index (κ1) is 15.9. The Morgan fingerprint density at radius 1 is 1.00 bits per heavy atom. The predicted molar refractivity (Wildman–Crippen MR) is 89.0 cm³/mol. The summed E-state index contributed by atoms with van der Waals surface area (Å²) in [6.45, 7) is 7.00. The summed E-state index contributed by atoms with van der Waals surface area (Å²) < 4.78 is 5.70. The van der Waals surface area contributed by atoms with Crippen LogP contribution in [-0.2, 0) is 0 Å². The van der Waals surface area contributed by atoms with Crippen molar-refractivity contribution >= 4 is 11.6 Å². The van der Waals surface area contributed by atoms with Gasteiger partial charge in [0.25, 0.3) is 0 Å². The van der Waals surface area contributed by atoms with E-state index in [-0.39, 0.29) is 12.1 Å². The number of hydrogen-bond acceptors (Lipinski definition) is 2. The monoisotopic (exact) mass is 303 g/mol. The maximum absolute atomic E-state index is 5.94. The van der Waals surface area contributed by atoms with Crippen LogP contribution in [0, 0.1) is 0 Å². The summed E-state index contributed by atoms with van der Waals surface area (Å²) in [5.41, 5.74) is 2.40. The number of halogens is 1. The van der Waals surface area contributed by atoms with Crippen LogP contribution in [0.3, 0.4) is 0 Å². The summed E-state index contributed by atoms with van der Waals surface area (Å²) in [4.78, 5) is 0. The van der Waals surface area contributed by atoms with E-state index in [1.54, 1.807) is 0 Å². The molecule has 0 aliphatic rings. The Bertz CT molecular complexity index is 568. The fourth-order valence-electron chi connectivity index (χ4n) is 2.44. The molecule has 1 N–H and O–H groups in total. The second-order valence-corrected chi connectivity index (χ2v) is 5.57. The highest BCUT2D eigenvalue weighted by Crippen LogP contribution is 2.27. The van der Waals surface area contributed by atoms with Crippen molar-refractivity contribution in [2.75, 3.05) is 6.61 Å². The molecule has 0 bridgehead atoms. The summed E-state index contributed by atoms with van der Waals surface area (Å²) in [5.74, 6) is 0.948. The maximum atomic E-state index is 5.94. The molecule has 3 heteroatoms. The van der Waals surface area contributed by atoms with Crippen molar-refractivity contribution in [3.05, 3.63) is 64.7 Å². The third-order valence-corrected chi connectivity index (χ3v) is 3.81. The standard InChI is InChI=1S/C18H22ClNO/c1-4-21-18-8-6-5-7-17(18)14(3)20-13(2)15-9-11-16(19)12-10-15/h5-14,20H,4H2,1-3H3/t13-,14?/m0/s1. The molecule has 2 rings (SSSR count). The maximum Gasteiger partial charge on any atom is 0.124 e. The summed E-state index contributed by atoms with van der Waals surface area (Å²) in [7, 11) is 0. The van der Waals surface area contributed by atoms with Crippen molar-refractivity contribution in [3.63, 3.8) is 0 Å². The van der Waals surface area contributed by atoms with E-state index in [1.807, 2.05) is 37.3 Å². The summed E-state index contributed by atoms with van der Waals surface area (Å²) in [6.07, 6.45) is 0. The lowest BCUT2D eigenvalue weighted by Gasteiger charge is -2.22. The molecular formula is C18H22ClNO. The minimum atomic E-state index is 0.207. The van der Waals surface area contributed by atoms with E-state index in [0.29, 0.717) is 6.61 Å². The highest BCUT2D eigenvalue weighted by molar-refractivity contribution is 6.30. The van der Waals surface area contributed by atoms with Gasteiger partial charge in [-0.1, -0.05) is 41.9 Å². The Labute approximate surface area is 132 Å². The lowest BCUT2D eigenvalue weighted by Crippen LogP contribution is -2.23. The van der Waals surface area contributed by atoms with Crippen molar-refractivity contribution in [1.82, 2.24) is 5.32 Å². The lowest BCUT2D eigenvalue weighted by atomic mass is 10.0. The number of hydrogen-bond donors (Lipinski definition) is 1. The lowest BCUT2D eigenvalue weighted by molar-refractivity contribution is 0.331. The predicted octanol–water partition coefficient (Wildman–Crippen LogP) is 5.15. The zero-order valence-electron chi connectivity index (χ0n) is 12.8. The summed E-state index contributed by atoms with van der Waals surface area (Å²) >= 11 is 5.94. The second-order valence-electron chi connectivity index (χ2n) is 5.13. The molecule has 2 atom stereocenters. The van der Waals surface area contributed by atoms with Gasteiger partial charge in [0, 0.05) is 22.7 Å². The van der Waals surface area contributed by atoms with Gasteiger partial charge in [-0.05, 0) is 44.5 Å². The zero-order chi connectivity index (χ0) is 15.2. The van der Waals surface area contributed by atoms with Crippen LogP contribution < -0.4 is 10.1 Å². The van der Waals surface area contributed by atoms with Gasteiger partial charge >= 0.3 is 0 Å². The highest BCUT2D eigenvalue weighted by atomic mass is 35.5. The number of para-hydroxylation sites is 1. The first-order chi connectivity index (χ1) is 10.1. The average molecular weight is 304 g/mol. The molecule has 0 saturated heterocycles. The molecule has 0 aliphatic heterocycles. The van der Waals surface area contributed by atoms with Crippen LogP contribution >= 0.6 is 11.6 Å². The first-order valence-corrected chi connectivity index (χ1v) is 7.72. The molecule has 0 saturated carbocycles. The van der Waals surface area contributed by atoms with Crippen molar-refractivity contribution in [2.24, 2.45) is 0 Å². The van der Waals surface area contributed by atoms with Gasteiger partial charge in [-0.2, -0.15) is 0 Å². The second kappa shape index (κ2) is 7.48. The van der Waals surface area contributed by atoms with Gasteiger partial charge in [-0.3, -0.25) is 0 Å². The van der Waals surface area contributed by atoms with Crippen LogP contribution in [0.25, 0.3) is 0 Å². The molecule has 0 fully saturated rings. The molecule has 2 nitrogen and oxygen atoms in total. The molecular weight excluding hydrogens is 282 g/mol. The number of ether oxygens (including phenoxy) is 1. The van der Waals surface area contributed by atoms with E-state index >= 15 is 0 Å². The molecule has 0 aliphatic carbocycles. The first-order valence-electron chi connectivity index (χ1n) is 7.35. The largest absolute Gasteiger partial charge is 0.494 e. The van der Waals surface area contributed by atoms with Gasteiger partial charge < -0.3 is 10.1 Å². The van der Waals surface area contributed by atoms with Crippen LogP contribution in [0.2, 0.25) is 5.02 Å². The molecule has 0 heterocycles. The Hall–Kier alpha value is -1.51. The van der Waals surface area contributed by atoms with Crippen LogP contribution in [0.1, 0.15) is 44.0 Å². The van der Waals surface area contributed by atoms with Gasteiger partial charge in [0.05, 0.1) is 6.61 Å². The smallest absolute Gasteiger partial charge is 0.124 e. The van der Waals surface area contributed by atoms with E-state index in [2.05, 4.69) is 37.4 Å². The molecule has 21 heavy (non-hydrogen) atoms. The van der Waals surface area contributed by atoms with Crippen LogP contribution in [0.4, 0.5) is 0 Å². The Morgan fingerprint density at radius 2 is 1.67 bits per heavy atom. The normalized spacial score (nSPS) is 13.7. The van der Waals surface area contributed by atoms with Crippen molar-refractivity contribution in [1.29, 1.82) is 0 Å². The van der Waals surface area contributed by atoms with Crippen molar-refractivity contribution < 1.29 is 4.74 Å². The molecule has 112 valence electrons.